The molecule has 0 radical (unpaired) electrons. The molecule has 4 heteroatoms. The first-order chi connectivity index (χ1) is 9.66. The maximum atomic E-state index is 11.8. The van der Waals surface area contributed by atoms with E-state index in [-0.39, 0.29) is 6.04 Å². The number of aliphatic hydroxyl groups excluding tert-OH is 1. The fourth-order valence-electron chi connectivity index (χ4n) is 2.60. The van der Waals surface area contributed by atoms with Crippen molar-refractivity contribution >= 4 is 6.09 Å². The fourth-order valence-corrected chi connectivity index (χ4v) is 2.60. The van der Waals surface area contributed by atoms with Gasteiger partial charge in [0.05, 0.1) is 0 Å². The van der Waals surface area contributed by atoms with Crippen molar-refractivity contribution in [3.63, 3.8) is 0 Å². The molecule has 0 bridgehead atoms. The predicted octanol–water partition coefficient (Wildman–Crippen LogP) is 3.17. The monoisotopic (exact) mass is 277 g/mol. The zero-order chi connectivity index (χ0) is 14.4. The molecule has 0 aromatic heterocycles. The number of ether oxygens (including phenoxy) is 1. The molecule has 1 aromatic carbocycles. The van der Waals surface area contributed by atoms with Gasteiger partial charge in [-0.05, 0) is 25.3 Å². The first kappa shape index (κ1) is 14.9. The molecule has 20 heavy (non-hydrogen) atoms. The van der Waals surface area contributed by atoms with Crippen LogP contribution in [0.2, 0.25) is 0 Å². The lowest BCUT2D eigenvalue weighted by Gasteiger charge is -2.25. The summed E-state index contributed by atoms with van der Waals surface area (Å²) in [6.07, 6.45) is 3.81. The lowest BCUT2D eigenvalue weighted by molar-refractivity contribution is 0.0103. The molecule has 0 spiro atoms. The minimum absolute atomic E-state index is 0.220. The second-order valence-electron chi connectivity index (χ2n) is 5.45. The van der Waals surface area contributed by atoms with E-state index < -0.39 is 18.3 Å². The number of alkyl carbamates (subject to hydrolysis) is 1. The van der Waals surface area contributed by atoms with Crippen LogP contribution >= 0.6 is 0 Å². The molecule has 4 nitrogen and oxygen atoms in total. The molecule has 2 N–H and O–H groups in total. The zero-order valence-electron chi connectivity index (χ0n) is 11.9. The average molecular weight is 277 g/mol. The Balaban J connectivity index is 1.81. The van der Waals surface area contributed by atoms with Gasteiger partial charge in [-0.2, -0.15) is 0 Å². The summed E-state index contributed by atoms with van der Waals surface area (Å²) in [4.78, 5) is 11.8. The number of hydrogen-bond acceptors (Lipinski definition) is 3. The van der Waals surface area contributed by atoms with E-state index in [4.69, 9.17) is 4.74 Å². The van der Waals surface area contributed by atoms with E-state index in [2.05, 4.69) is 5.32 Å². The molecule has 1 saturated carbocycles. The van der Waals surface area contributed by atoms with E-state index in [0.29, 0.717) is 0 Å². The van der Waals surface area contributed by atoms with Gasteiger partial charge in [0.25, 0.3) is 0 Å². The van der Waals surface area contributed by atoms with Gasteiger partial charge < -0.3 is 15.2 Å². The topological polar surface area (TPSA) is 58.6 Å². The molecular weight excluding hydrogens is 254 g/mol. The van der Waals surface area contributed by atoms with Crippen molar-refractivity contribution in [2.75, 3.05) is 0 Å². The third-order valence-corrected chi connectivity index (χ3v) is 3.81. The zero-order valence-corrected chi connectivity index (χ0v) is 11.9. The normalized spacial score (nSPS) is 19.1. The first-order valence-corrected chi connectivity index (χ1v) is 7.37. The van der Waals surface area contributed by atoms with Gasteiger partial charge in [0.1, 0.15) is 12.2 Å². The van der Waals surface area contributed by atoms with Gasteiger partial charge in [0.2, 0.25) is 0 Å². The van der Waals surface area contributed by atoms with Crippen molar-refractivity contribution in [2.45, 2.75) is 57.3 Å². The van der Waals surface area contributed by atoms with E-state index in [1.54, 1.807) is 6.92 Å². The molecule has 2 rings (SSSR count). The summed E-state index contributed by atoms with van der Waals surface area (Å²) in [5.74, 6) is 0. The molecule has 1 aromatic rings. The summed E-state index contributed by atoms with van der Waals surface area (Å²) in [5.41, 5.74) is 0.755. The maximum absolute atomic E-state index is 11.8. The minimum Gasteiger partial charge on any atom is -0.443 e. The SMILES string of the molecule is CC(OC(=O)NC1CCCCC1)C(O)c1ccccc1. The summed E-state index contributed by atoms with van der Waals surface area (Å²) in [7, 11) is 0. The number of hydrogen-bond donors (Lipinski definition) is 2. The van der Waals surface area contributed by atoms with Gasteiger partial charge in [-0.3, -0.25) is 0 Å². The van der Waals surface area contributed by atoms with Crippen molar-refractivity contribution in [2.24, 2.45) is 0 Å². The summed E-state index contributed by atoms with van der Waals surface area (Å²) < 4.78 is 5.27. The van der Waals surface area contributed by atoms with Crippen LogP contribution in [0.5, 0.6) is 0 Å². The second kappa shape index (κ2) is 7.29. The molecule has 2 atom stereocenters. The predicted molar refractivity (Wildman–Crippen MR) is 77.4 cm³/mol. The van der Waals surface area contributed by atoms with E-state index in [0.717, 1.165) is 31.2 Å². The quantitative estimate of drug-likeness (QED) is 0.888. The minimum atomic E-state index is -0.798. The highest BCUT2D eigenvalue weighted by atomic mass is 16.6. The maximum Gasteiger partial charge on any atom is 0.407 e. The number of amides is 1. The largest absolute Gasteiger partial charge is 0.443 e. The molecule has 1 aliphatic carbocycles. The Labute approximate surface area is 120 Å². The van der Waals surface area contributed by atoms with Crippen LogP contribution in [0.3, 0.4) is 0 Å². The van der Waals surface area contributed by atoms with Crippen molar-refractivity contribution in [3.8, 4) is 0 Å². The third kappa shape index (κ3) is 4.23. The van der Waals surface area contributed by atoms with Crippen LogP contribution in [-0.2, 0) is 4.74 Å². The van der Waals surface area contributed by atoms with Crippen LogP contribution in [-0.4, -0.2) is 23.3 Å². The Morgan fingerprint density at radius 3 is 2.55 bits per heavy atom. The molecular formula is C16H23NO3. The van der Waals surface area contributed by atoms with Crippen LogP contribution in [0.25, 0.3) is 0 Å². The molecule has 0 aliphatic heterocycles. The Morgan fingerprint density at radius 2 is 1.90 bits per heavy atom. The fraction of sp³-hybridized carbons (Fsp3) is 0.562. The molecule has 110 valence electrons. The molecule has 2 unspecified atom stereocenters. The Kier molecular flexibility index (Phi) is 5.41. The summed E-state index contributed by atoms with van der Waals surface area (Å²) in [6.45, 7) is 1.71. The third-order valence-electron chi connectivity index (χ3n) is 3.81. The number of aliphatic hydroxyl groups is 1. The van der Waals surface area contributed by atoms with E-state index in [1.165, 1.54) is 6.42 Å². The number of benzene rings is 1. The molecule has 0 heterocycles. The number of carbonyl (C=O) groups is 1. The van der Waals surface area contributed by atoms with E-state index in [9.17, 15) is 9.90 Å². The van der Waals surface area contributed by atoms with Crippen LogP contribution in [0.15, 0.2) is 30.3 Å². The summed E-state index contributed by atoms with van der Waals surface area (Å²) >= 11 is 0. The smallest absolute Gasteiger partial charge is 0.407 e. The van der Waals surface area contributed by atoms with E-state index in [1.807, 2.05) is 30.3 Å². The Hall–Kier alpha value is -1.55. The second-order valence-corrected chi connectivity index (χ2v) is 5.45. The van der Waals surface area contributed by atoms with Crippen molar-refractivity contribution in [3.05, 3.63) is 35.9 Å². The van der Waals surface area contributed by atoms with Crippen LogP contribution < -0.4 is 5.32 Å². The van der Waals surface area contributed by atoms with Gasteiger partial charge in [-0.15, -0.1) is 0 Å². The lowest BCUT2D eigenvalue weighted by Crippen LogP contribution is -2.38. The summed E-state index contributed by atoms with van der Waals surface area (Å²) in [5, 5.41) is 13.0. The van der Waals surface area contributed by atoms with Gasteiger partial charge in [0, 0.05) is 6.04 Å². The molecule has 1 fully saturated rings. The van der Waals surface area contributed by atoms with E-state index >= 15 is 0 Å². The first-order valence-electron chi connectivity index (χ1n) is 7.37. The highest BCUT2D eigenvalue weighted by Crippen LogP contribution is 2.20. The highest BCUT2D eigenvalue weighted by molar-refractivity contribution is 5.67. The molecule has 1 amide bonds. The van der Waals surface area contributed by atoms with Crippen molar-refractivity contribution in [1.82, 2.24) is 5.32 Å². The average Bonchev–Trinajstić information content (AvgIpc) is 2.48. The Morgan fingerprint density at radius 1 is 1.25 bits per heavy atom. The van der Waals surface area contributed by atoms with Crippen molar-refractivity contribution < 1.29 is 14.6 Å². The van der Waals surface area contributed by atoms with Crippen molar-refractivity contribution in [1.29, 1.82) is 0 Å². The highest BCUT2D eigenvalue weighted by Gasteiger charge is 2.22. The molecule has 1 aliphatic rings. The van der Waals surface area contributed by atoms with Crippen LogP contribution in [0, 0.1) is 0 Å². The summed E-state index contributed by atoms with van der Waals surface area (Å²) in [6, 6.07) is 9.46. The Bertz CT molecular complexity index is 415. The van der Waals surface area contributed by atoms with Crippen LogP contribution in [0.4, 0.5) is 4.79 Å². The van der Waals surface area contributed by atoms with Crippen LogP contribution in [0.1, 0.15) is 50.7 Å². The number of nitrogens with one attached hydrogen (secondary N) is 1. The number of carbonyl (C=O) groups excluding carboxylic acids is 1. The van der Waals surface area contributed by atoms with Gasteiger partial charge in [0.15, 0.2) is 0 Å². The lowest BCUT2D eigenvalue weighted by atomic mass is 9.96. The van der Waals surface area contributed by atoms with Gasteiger partial charge >= 0.3 is 6.09 Å². The van der Waals surface area contributed by atoms with Gasteiger partial charge in [-0.1, -0.05) is 49.6 Å². The standard InChI is InChI=1S/C16H23NO3/c1-12(15(18)13-8-4-2-5-9-13)20-16(19)17-14-10-6-3-7-11-14/h2,4-5,8-9,12,14-15,18H,3,6-7,10-11H2,1H3,(H,17,19). The number of rotatable bonds is 4. The molecule has 0 saturated heterocycles. The van der Waals surface area contributed by atoms with Gasteiger partial charge in [-0.25, -0.2) is 4.79 Å².